The molecule has 4 rings (SSSR count). The molecule has 0 saturated carbocycles. The molecule has 0 radical (unpaired) electrons. The highest BCUT2D eigenvalue weighted by Gasteiger charge is 2.16. The van der Waals surface area contributed by atoms with Crippen molar-refractivity contribution in [1.29, 1.82) is 0 Å². The van der Waals surface area contributed by atoms with Crippen molar-refractivity contribution in [3.8, 4) is 11.7 Å². The number of allylic oxidation sites excluding steroid dienone is 1. The Bertz CT molecular complexity index is 972. The van der Waals surface area contributed by atoms with Crippen molar-refractivity contribution in [2.24, 2.45) is 4.99 Å². The van der Waals surface area contributed by atoms with Crippen LogP contribution in [0.3, 0.4) is 0 Å². The molecular formula is C20H16N2O3. The number of aryl methyl sites for hydroxylation is 1. The Morgan fingerprint density at radius 2 is 2.00 bits per heavy atom. The third-order valence-electron chi connectivity index (χ3n) is 3.90. The molecule has 124 valence electrons. The Balaban J connectivity index is 1.59. The minimum absolute atomic E-state index is 0.191. The second kappa shape index (κ2) is 6.28. The van der Waals surface area contributed by atoms with Crippen molar-refractivity contribution < 1.29 is 14.3 Å². The summed E-state index contributed by atoms with van der Waals surface area (Å²) in [6, 6.07) is 15.8. The average Bonchev–Trinajstić information content (AvgIpc) is 3.17. The summed E-state index contributed by atoms with van der Waals surface area (Å²) in [7, 11) is 0. The largest absolute Gasteiger partial charge is 0.489 e. The standard InChI is InChI=1S/C20H16N2O3/c1-13-22-19(20(23)25-13)9-15-11-21-18-8-7-16(10-17(15)18)24-12-14-5-3-2-4-6-14/h2-11,23H,12H2,1H3. The van der Waals surface area contributed by atoms with Crippen LogP contribution < -0.4 is 4.74 Å². The zero-order chi connectivity index (χ0) is 17.2. The zero-order valence-electron chi connectivity index (χ0n) is 13.6. The molecule has 0 saturated heterocycles. The van der Waals surface area contributed by atoms with Crippen LogP contribution in [0.4, 0.5) is 5.69 Å². The van der Waals surface area contributed by atoms with Gasteiger partial charge in [0.2, 0.25) is 0 Å². The fourth-order valence-corrected chi connectivity index (χ4v) is 2.69. The van der Waals surface area contributed by atoms with E-state index in [1.807, 2.05) is 48.5 Å². The maximum Gasteiger partial charge on any atom is 0.310 e. The van der Waals surface area contributed by atoms with Gasteiger partial charge in [0, 0.05) is 24.3 Å². The minimum atomic E-state index is -0.191. The lowest BCUT2D eigenvalue weighted by atomic mass is 10.1. The summed E-state index contributed by atoms with van der Waals surface area (Å²) in [5.74, 6) is 0.988. The molecule has 0 bridgehead atoms. The molecule has 1 aliphatic heterocycles. The van der Waals surface area contributed by atoms with E-state index in [4.69, 9.17) is 9.15 Å². The summed E-state index contributed by atoms with van der Waals surface area (Å²) < 4.78 is 10.9. The normalized spacial score (nSPS) is 14.0. The van der Waals surface area contributed by atoms with Crippen molar-refractivity contribution in [2.75, 3.05) is 0 Å². The van der Waals surface area contributed by atoms with Crippen LogP contribution in [0.25, 0.3) is 11.6 Å². The summed E-state index contributed by atoms with van der Waals surface area (Å²) in [6.45, 7) is 2.19. The Morgan fingerprint density at radius 1 is 1.16 bits per heavy atom. The van der Waals surface area contributed by atoms with E-state index in [2.05, 4.69) is 9.98 Å². The van der Waals surface area contributed by atoms with E-state index in [0.29, 0.717) is 18.2 Å². The van der Waals surface area contributed by atoms with E-state index in [1.165, 1.54) is 0 Å². The van der Waals surface area contributed by atoms with Crippen LogP contribution in [0.15, 0.2) is 57.9 Å². The first kappa shape index (κ1) is 15.2. The number of hydrogen-bond donors (Lipinski definition) is 1. The number of aromatic nitrogens is 1. The predicted molar refractivity (Wildman–Crippen MR) is 96.1 cm³/mol. The van der Waals surface area contributed by atoms with Crippen LogP contribution in [-0.2, 0) is 6.61 Å². The van der Waals surface area contributed by atoms with Gasteiger partial charge in [0.1, 0.15) is 18.1 Å². The molecule has 2 heterocycles. The number of benzene rings is 2. The molecule has 0 spiro atoms. The predicted octanol–water partition coefficient (Wildman–Crippen LogP) is 4.52. The van der Waals surface area contributed by atoms with Crippen molar-refractivity contribution in [3.05, 3.63) is 71.2 Å². The second-order valence-electron chi connectivity index (χ2n) is 5.73. The van der Waals surface area contributed by atoms with Crippen molar-refractivity contribution in [2.45, 2.75) is 13.5 Å². The van der Waals surface area contributed by atoms with Gasteiger partial charge in [0.05, 0.1) is 5.69 Å². The summed E-state index contributed by atoms with van der Waals surface area (Å²) in [4.78, 5) is 8.54. The van der Waals surface area contributed by atoms with E-state index >= 15 is 0 Å². The van der Waals surface area contributed by atoms with Gasteiger partial charge in [-0.3, -0.25) is 4.99 Å². The molecule has 0 unspecified atom stereocenters. The van der Waals surface area contributed by atoms with Gasteiger partial charge in [0.15, 0.2) is 5.89 Å². The lowest BCUT2D eigenvalue weighted by Gasteiger charge is -2.08. The van der Waals surface area contributed by atoms with Crippen molar-refractivity contribution >= 4 is 23.6 Å². The van der Waals surface area contributed by atoms with Gasteiger partial charge in [-0.2, -0.15) is 0 Å². The van der Waals surface area contributed by atoms with Gasteiger partial charge in [-0.25, -0.2) is 4.98 Å². The van der Waals surface area contributed by atoms with Gasteiger partial charge in [-0.05, 0) is 29.8 Å². The maximum absolute atomic E-state index is 9.76. The lowest BCUT2D eigenvalue weighted by Crippen LogP contribution is -1.95. The Hall–Kier alpha value is -3.34. The Labute approximate surface area is 144 Å². The molecule has 0 fully saturated rings. The highest BCUT2D eigenvalue weighted by Crippen LogP contribution is 2.36. The van der Waals surface area contributed by atoms with Crippen LogP contribution >= 0.6 is 0 Å². The number of fused-ring (bicyclic) bond motifs is 1. The van der Waals surface area contributed by atoms with Gasteiger partial charge >= 0.3 is 5.95 Å². The molecule has 0 amide bonds. The quantitative estimate of drug-likeness (QED) is 0.762. The van der Waals surface area contributed by atoms with Gasteiger partial charge in [0.25, 0.3) is 0 Å². The molecule has 5 heteroatoms. The molecule has 0 atom stereocenters. The van der Waals surface area contributed by atoms with E-state index in [9.17, 15) is 5.11 Å². The minimum Gasteiger partial charge on any atom is -0.489 e. The Morgan fingerprint density at radius 3 is 2.76 bits per heavy atom. The lowest BCUT2D eigenvalue weighted by molar-refractivity contribution is 0.306. The van der Waals surface area contributed by atoms with E-state index in [0.717, 1.165) is 28.1 Å². The summed E-state index contributed by atoms with van der Waals surface area (Å²) in [5.41, 5.74) is 4.15. The first-order chi connectivity index (χ1) is 12.2. The number of ether oxygens (including phenoxy) is 1. The molecule has 3 aromatic rings. The monoisotopic (exact) mass is 332 g/mol. The fraction of sp³-hybridized carbons (Fsp3) is 0.100. The molecule has 5 nitrogen and oxygen atoms in total. The van der Waals surface area contributed by atoms with Gasteiger partial charge < -0.3 is 14.3 Å². The molecule has 25 heavy (non-hydrogen) atoms. The maximum atomic E-state index is 9.76. The number of nitrogens with zero attached hydrogens (tertiary/aromatic N) is 2. The Kier molecular flexibility index (Phi) is 3.82. The summed E-state index contributed by atoms with van der Waals surface area (Å²) in [5, 5.41) is 9.76. The molecule has 2 aromatic carbocycles. The third kappa shape index (κ3) is 3.17. The van der Waals surface area contributed by atoms with Crippen LogP contribution in [0.1, 0.15) is 22.7 Å². The highest BCUT2D eigenvalue weighted by atomic mass is 16.5. The fourth-order valence-electron chi connectivity index (χ4n) is 2.69. The molecule has 1 N–H and O–H groups in total. The van der Waals surface area contributed by atoms with Crippen LogP contribution in [0.5, 0.6) is 11.7 Å². The molecule has 0 aliphatic carbocycles. The van der Waals surface area contributed by atoms with E-state index in [-0.39, 0.29) is 5.95 Å². The van der Waals surface area contributed by atoms with E-state index in [1.54, 1.807) is 19.2 Å². The first-order valence-corrected chi connectivity index (χ1v) is 7.92. The zero-order valence-corrected chi connectivity index (χ0v) is 13.6. The summed E-state index contributed by atoms with van der Waals surface area (Å²) in [6.07, 6.45) is 3.50. The SMILES string of the molecule is Cc1nc(C=C2C=Nc3ccc(OCc4ccccc4)cc32)c(O)o1. The number of aromatic hydroxyl groups is 1. The first-order valence-electron chi connectivity index (χ1n) is 7.92. The van der Waals surface area contributed by atoms with Crippen LogP contribution in [-0.4, -0.2) is 16.3 Å². The van der Waals surface area contributed by atoms with Crippen molar-refractivity contribution in [1.82, 2.24) is 4.98 Å². The van der Waals surface area contributed by atoms with Gasteiger partial charge in [-0.1, -0.05) is 30.3 Å². The third-order valence-corrected chi connectivity index (χ3v) is 3.90. The topological polar surface area (TPSA) is 67.9 Å². The number of oxazole rings is 1. The number of rotatable bonds is 4. The number of aliphatic imine (C=N–C) groups is 1. The summed E-state index contributed by atoms with van der Waals surface area (Å²) >= 11 is 0. The highest BCUT2D eigenvalue weighted by molar-refractivity contribution is 6.21. The number of hydrogen-bond acceptors (Lipinski definition) is 5. The molecular weight excluding hydrogens is 316 g/mol. The average molecular weight is 332 g/mol. The smallest absolute Gasteiger partial charge is 0.310 e. The second-order valence-corrected chi connectivity index (χ2v) is 5.73. The van der Waals surface area contributed by atoms with Crippen LogP contribution in [0, 0.1) is 6.92 Å². The molecule has 1 aliphatic rings. The van der Waals surface area contributed by atoms with E-state index < -0.39 is 0 Å². The van der Waals surface area contributed by atoms with Crippen molar-refractivity contribution in [3.63, 3.8) is 0 Å². The van der Waals surface area contributed by atoms with Crippen LogP contribution in [0.2, 0.25) is 0 Å². The van der Waals surface area contributed by atoms with Gasteiger partial charge in [-0.15, -0.1) is 0 Å². The molecule has 1 aromatic heterocycles.